The Hall–Kier alpha value is -5.30. The lowest BCUT2D eigenvalue weighted by Gasteiger charge is -2.04. The molecule has 7 nitrogen and oxygen atoms in total. The van der Waals surface area contributed by atoms with Crippen LogP contribution in [-0.2, 0) is 0 Å². The zero-order valence-electron chi connectivity index (χ0n) is 19.5. The van der Waals surface area contributed by atoms with E-state index >= 15 is 0 Å². The van der Waals surface area contributed by atoms with Crippen molar-refractivity contribution >= 4 is 55.6 Å². The van der Waals surface area contributed by atoms with E-state index in [1.165, 1.54) is 0 Å². The number of aromatic nitrogens is 2. The second-order valence-electron chi connectivity index (χ2n) is 9.09. The fourth-order valence-electron chi connectivity index (χ4n) is 5.32. The van der Waals surface area contributed by atoms with Crippen LogP contribution in [0.2, 0.25) is 0 Å². The van der Waals surface area contributed by atoms with Gasteiger partial charge in [-0.2, -0.15) is 0 Å². The molecule has 37 heavy (non-hydrogen) atoms. The number of benzene rings is 4. The van der Waals surface area contributed by atoms with Crippen LogP contribution in [0.1, 0.15) is 20.7 Å². The zero-order chi connectivity index (χ0) is 25.3. The highest BCUT2D eigenvalue weighted by Crippen LogP contribution is 2.38. The summed E-state index contributed by atoms with van der Waals surface area (Å²) >= 11 is 0. The van der Waals surface area contributed by atoms with E-state index in [0.29, 0.717) is 33.7 Å². The van der Waals surface area contributed by atoms with Gasteiger partial charge in [0.15, 0.2) is 0 Å². The molecule has 3 aromatic heterocycles. The highest BCUT2D eigenvalue weighted by atomic mass is 16.3. The largest absolute Gasteiger partial charge is 0.456 e. The number of para-hydroxylation sites is 2. The number of nitrogens with two attached hydrogens (primary N) is 2. The molecule has 0 spiro atoms. The van der Waals surface area contributed by atoms with Crippen molar-refractivity contribution in [1.82, 2.24) is 9.97 Å². The van der Waals surface area contributed by atoms with Crippen LogP contribution in [0.5, 0.6) is 0 Å². The van der Waals surface area contributed by atoms with Gasteiger partial charge in [-0.15, -0.1) is 0 Å². The van der Waals surface area contributed by atoms with E-state index in [0.717, 1.165) is 43.7 Å². The molecule has 7 heteroatoms. The third-order valence-electron chi connectivity index (χ3n) is 6.95. The Labute approximate surface area is 209 Å². The van der Waals surface area contributed by atoms with Crippen molar-refractivity contribution in [2.45, 2.75) is 0 Å². The van der Waals surface area contributed by atoms with Gasteiger partial charge in [0.25, 0.3) is 11.8 Å². The maximum atomic E-state index is 12.4. The predicted octanol–water partition coefficient (Wildman–Crippen LogP) is 6.08. The third-order valence-corrected chi connectivity index (χ3v) is 6.95. The number of furan rings is 1. The zero-order valence-corrected chi connectivity index (χ0v) is 19.5. The number of nitrogens with one attached hydrogen (secondary N) is 2. The minimum absolute atomic E-state index is 0.451. The molecule has 0 bridgehead atoms. The number of aromatic amines is 2. The summed E-state index contributed by atoms with van der Waals surface area (Å²) in [6.45, 7) is 0. The lowest BCUT2D eigenvalue weighted by molar-refractivity contribution is 0.0994. The van der Waals surface area contributed by atoms with E-state index in [1.54, 1.807) is 0 Å². The summed E-state index contributed by atoms with van der Waals surface area (Å²) in [7, 11) is 0. The molecule has 0 fully saturated rings. The van der Waals surface area contributed by atoms with Gasteiger partial charge in [-0.3, -0.25) is 9.59 Å². The first kappa shape index (κ1) is 21.0. The van der Waals surface area contributed by atoms with Crippen molar-refractivity contribution in [3.05, 3.63) is 96.1 Å². The summed E-state index contributed by atoms with van der Waals surface area (Å²) in [6.07, 6.45) is 0. The number of rotatable bonds is 4. The Morgan fingerprint density at radius 3 is 1.43 bits per heavy atom. The number of H-pyrrole nitrogens is 2. The smallest absolute Gasteiger partial charge is 0.251 e. The van der Waals surface area contributed by atoms with Crippen LogP contribution in [0, 0.1) is 0 Å². The monoisotopic (exact) mass is 484 g/mol. The van der Waals surface area contributed by atoms with Gasteiger partial charge in [-0.1, -0.05) is 36.4 Å². The molecule has 0 saturated heterocycles. The van der Waals surface area contributed by atoms with E-state index in [4.69, 9.17) is 15.9 Å². The van der Waals surface area contributed by atoms with Crippen LogP contribution >= 0.6 is 0 Å². The van der Waals surface area contributed by atoms with Crippen LogP contribution in [0.3, 0.4) is 0 Å². The molecular weight excluding hydrogens is 464 g/mol. The first-order valence-electron chi connectivity index (χ1n) is 11.8. The van der Waals surface area contributed by atoms with Crippen molar-refractivity contribution in [1.29, 1.82) is 0 Å². The van der Waals surface area contributed by atoms with E-state index in [2.05, 4.69) is 9.97 Å². The summed E-state index contributed by atoms with van der Waals surface area (Å²) in [5.41, 5.74) is 18.5. The van der Waals surface area contributed by atoms with Crippen molar-refractivity contribution < 1.29 is 14.0 Å². The Kier molecular flexibility index (Phi) is 4.32. The molecule has 2 amide bonds. The Morgan fingerprint density at radius 1 is 0.568 bits per heavy atom. The van der Waals surface area contributed by atoms with E-state index in [9.17, 15) is 9.59 Å². The number of primary amides is 2. The molecule has 0 atom stereocenters. The van der Waals surface area contributed by atoms with Crippen molar-refractivity contribution in [3.8, 4) is 22.5 Å². The highest BCUT2D eigenvalue weighted by Gasteiger charge is 2.20. The van der Waals surface area contributed by atoms with Crippen LogP contribution in [-0.4, -0.2) is 21.8 Å². The molecule has 4 aromatic carbocycles. The van der Waals surface area contributed by atoms with Gasteiger partial charge in [0.1, 0.15) is 11.2 Å². The number of carbonyl (C=O) groups excluding carboxylic acids is 2. The number of amides is 2. The summed E-state index contributed by atoms with van der Waals surface area (Å²) in [4.78, 5) is 31.5. The van der Waals surface area contributed by atoms with Gasteiger partial charge < -0.3 is 25.9 Å². The molecule has 0 aliphatic heterocycles. The fraction of sp³-hybridized carbons (Fsp3) is 0. The fourth-order valence-corrected chi connectivity index (χ4v) is 5.32. The van der Waals surface area contributed by atoms with Crippen LogP contribution in [0.25, 0.3) is 66.3 Å². The van der Waals surface area contributed by atoms with Crippen LogP contribution < -0.4 is 11.5 Å². The van der Waals surface area contributed by atoms with E-state index in [-0.39, 0.29) is 0 Å². The topological polar surface area (TPSA) is 131 Å². The normalized spacial score (nSPS) is 11.7. The average Bonchev–Trinajstić information content (AvgIpc) is 3.58. The highest BCUT2D eigenvalue weighted by molar-refractivity contribution is 6.15. The van der Waals surface area contributed by atoms with Crippen LogP contribution in [0.4, 0.5) is 0 Å². The average molecular weight is 485 g/mol. The summed E-state index contributed by atoms with van der Waals surface area (Å²) in [6, 6.07) is 26.7. The van der Waals surface area contributed by atoms with Gasteiger partial charge in [-0.25, -0.2) is 0 Å². The molecule has 0 unspecified atom stereocenters. The quantitative estimate of drug-likeness (QED) is 0.241. The number of fused-ring (bicyclic) bond motifs is 5. The minimum atomic E-state index is -0.496. The standard InChI is InChI=1S/C30H20N4O3/c31-29(35)25-17-5-1-3-7-21(17)33-27(25)15-9-11-23-19(13-15)20-14-16(10-12-24(20)37-23)28-26(30(32)36)18-6-2-4-8-22(18)34-28/h1-14,33-34H,(H2,31,35)(H2,32,36). The van der Waals surface area contributed by atoms with Crippen LogP contribution in [0.15, 0.2) is 89.3 Å². The van der Waals surface area contributed by atoms with Crippen molar-refractivity contribution in [3.63, 3.8) is 0 Å². The van der Waals surface area contributed by atoms with E-state index in [1.807, 2.05) is 84.9 Å². The number of hydrogen-bond acceptors (Lipinski definition) is 3. The second kappa shape index (κ2) is 7.60. The molecule has 0 radical (unpaired) electrons. The van der Waals surface area contributed by atoms with Gasteiger partial charge in [0.05, 0.1) is 22.5 Å². The van der Waals surface area contributed by atoms with Gasteiger partial charge in [-0.05, 0) is 59.7 Å². The molecule has 6 N–H and O–H groups in total. The van der Waals surface area contributed by atoms with Crippen molar-refractivity contribution in [2.24, 2.45) is 11.5 Å². The SMILES string of the molecule is NC(=O)c1c(-c2ccc3oc4ccc(-c5[nH]c6ccccc6c5C(N)=O)cc4c3c2)[nH]c2ccccc12. The molecule has 0 aliphatic carbocycles. The maximum Gasteiger partial charge on any atom is 0.251 e. The Bertz CT molecular complexity index is 1910. The molecule has 0 saturated carbocycles. The molecule has 7 rings (SSSR count). The molecular formula is C30H20N4O3. The predicted molar refractivity (Wildman–Crippen MR) is 145 cm³/mol. The first-order chi connectivity index (χ1) is 18.0. The molecule has 7 aromatic rings. The molecule has 178 valence electrons. The molecule has 0 aliphatic rings. The van der Waals surface area contributed by atoms with Crippen molar-refractivity contribution in [2.75, 3.05) is 0 Å². The Balaban J connectivity index is 1.46. The minimum Gasteiger partial charge on any atom is -0.456 e. The van der Waals surface area contributed by atoms with Gasteiger partial charge in [0.2, 0.25) is 0 Å². The second-order valence-corrected chi connectivity index (χ2v) is 9.09. The number of hydrogen-bond donors (Lipinski definition) is 4. The summed E-state index contributed by atoms with van der Waals surface area (Å²) in [5, 5.41) is 3.31. The first-order valence-corrected chi connectivity index (χ1v) is 11.8. The summed E-state index contributed by atoms with van der Waals surface area (Å²) in [5.74, 6) is -0.991. The number of carbonyl (C=O) groups is 2. The third kappa shape index (κ3) is 3.07. The van der Waals surface area contributed by atoms with Gasteiger partial charge in [0, 0.05) is 32.6 Å². The summed E-state index contributed by atoms with van der Waals surface area (Å²) < 4.78 is 6.10. The lowest BCUT2D eigenvalue weighted by Crippen LogP contribution is -2.11. The van der Waals surface area contributed by atoms with E-state index < -0.39 is 11.8 Å². The molecule has 3 heterocycles. The maximum absolute atomic E-state index is 12.4. The Morgan fingerprint density at radius 2 is 1.00 bits per heavy atom. The lowest BCUT2D eigenvalue weighted by atomic mass is 10.0. The van der Waals surface area contributed by atoms with Gasteiger partial charge >= 0.3 is 0 Å².